The van der Waals surface area contributed by atoms with Crippen molar-refractivity contribution in [2.75, 3.05) is 18.4 Å². The van der Waals surface area contributed by atoms with Crippen LogP contribution in [-0.4, -0.2) is 23.1 Å². The number of nitrogens with one attached hydrogen (secondary N) is 1. The fraction of sp³-hybridized carbons (Fsp3) is 0.600. The van der Waals surface area contributed by atoms with Crippen LogP contribution in [0.3, 0.4) is 0 Å². The van der Waals surface area contributed by atoms with Crippen molar-refractivity contribution in [2.24, 2.45) is 11.1 Å². The minimum Gasteiger partial charge on any atom is -0.369 e. The lowest BCUT2D eigenvalue weighted by molar-refractivity contribution is 0.500. The molecule has 1 aliphatic rings. The van der Waals surface area contributed by atoms with Crippen molar-refractivity contribution in [3.05, 3.63) is 16.1 Å². The normalized spacial score (nSPS) is 17.5. The van der Waals surface area contributed by atoms with E-state index in [9.17, 15) is 0 Å². The van der Waals surface area contributed by atoms with Crippen molar-refractivity contribution in [3.63, 3.8) is 0 Å². The summed E-state index contributed by atoms with van der Waals surface area (Å²) in [7, 11) is 0. The summed E-state index contributed by atoms with van der Waals surface area (Å²) >= 11 is 2.24. The number of hydrogen-bond acceptors (Lipinski definition) is 4. The molecule has 4 nitrogen and oxygen atoms in total. The molecule has 1 saturated carbocycles. The number of halogens is 1. The van der Waals surface area contributed by atoms with Gasteiger partial charge in [0.2, 0.25) is 0 Å². The molecule has 1 aromatic heterocycles. The average molecular weight is 318 g/mol. The van der Waals surface area contributed by atoms with Gasteiger partial charge in [-0.2, -0.15) is 0 Å². The molecule has 1 aromatic rings. The molecular formula is C10H15IN4. The maximum absolute atomic E-state index is 5.60. The quantitative estimate of drug-likeness (QED) is 0.810. The van der Waals surface area contributed by atoms with Gasteiger partial charge in [0.05, 0.1) is 3.57 Å². The fourth-order valence-electron chi connectivity index (χ4n) is 1.71. The van der Waals surface area contributed by atoms with E-state index in [-0.39, 0.29) is 0 Å². The first-order valence-electron chi connectivity index (χ1n) is 5.15. The molecule has 5 heteroatoms. The number of hydrogen-bond donors (Lipinski definition) is 2. The molecule has 0 radical (unpaired) electrons. The van der Waals surface area contributed by atoms with Gasteiger partial charge in [0, 0.05) is 12.7 Å². The number of anilines is 1. The SMILES string of the molecule is NCCC1(CNc2ncncc2I)CC1. The molecule has 0 aromatic carbocycles. The first-order chi connectivity index (χ1) is 7.26. The molecular weight excluding hydrogens is 303 g/mol. The second-order valence-corrected chi connectivity index (χ2v) is 5.27. The van der Waals surface area contributed by atoms with Crippen molar-refractivity contribution >= 4 is 28.4 Å². The van der Waals surface area contributed by atoms with Gasteiger partial charge in [-0.25, -0.2) is 9.97 Å². The van der Waals surface area contributed by atoms with Gasteiger partial charge in [0.15, 0.2) is 0 Å². The molecule has 1 aliphatic carbocycles. The van der Waals surface area contributed by atoms with E-state index >= 15 is 0 Å². The first-order valence-corrected chi connectivity index (χ1v) is 6.23. The summed E-state index contributed by atoms with van der Waals surface area (Å²) in [5.74, 6) is 0.939. The second kappa shape index (κ2) is 4.61. The summed E-state index contributed by atoms with van der Waals surface area (Å²) < 4.78 is 1.07. The van der Waals surface area contributed by atoms with Crippen LogP contribution in [0.15, 0.2) is 12.5 Å². The minimum atomic E-state index is 0.447. The Morgan fingerprint density at radius 3 is 2.93 bits per heavy atom. The first kappa shape index (κ1) is 11.1. The molecule has 0 aliphatic heterocycles. The maximum Gasteiger partial charge on any atom is 0.142 e. The van der Waals surface area contributed by atoms with Crippen molar-refractivity contribution in [2.45, 2.75) is 19.3 Å². The lowest BCUT2D eigenvalue weighted by Gasteiger charge is -2.15. The molecule has 82 valence electrons. The third-order valence-electron chi connectivity index (χ3n) is 2.93. The Bertz CT molecular complexity index is 338. The van der Waals surface area contributed by atoms with E-state index in [1.165, 1.54) is 12.8 Å². The van der Waals surface area contributed by atoms with Crippen molar-refractivity contribution in [1.82, 2.24) is 9.97 Å². The summed E-state index contributed by atoms with van der Waals surface area (Å²) in [5, 5.41) is 3.39. The van der Waals surface area contributed by atoms with Gasteiger partial charge < -0.3 is 11.1 Å². The molecule has 2 rings (SSSR count). The third kappa shape index (κ3) is 2.78. The molecule has 3 N–H and O–H groups in total. The standard InChI is InChI=1S/C10H15IN4/c11-8-5-13-7-15-9(8)14-6-10(1-2-10)3-4-12/h5,7H,1-4,6,12H2,(H,13,14,15). The van der Waals surface area contributed by atoms with Crippen LogP contribution in [0.1, 0.15) is 19.3 Å². The van der Waals surface area contributed by atoms with E-state index in [4.69, 9.17) is 5.73 Å². The lowest BCUT2D eigenvalue weighted by atomic mass is 10.0. The number of rotatable bonds is 5. The Hall–Kier alpha value is -0.430. The highest BCUT2D eigenvalue weighted by molar-refractivity contribution is 14.1. The lowest BCUT2D eigenvalue weighted by Crippen LogP contribution is -2.20. The van der Waals surface area contributed by atoms with Gasteiger partial charge >= 0.3 is 0 Å². The van der Waals surface area contributed by atoms with E-state index in [2.05, 4.69) is 37.9 Å². The summed E-state index contributed by atoms with van der Waals surface area (Å²) in [4.78, 5) is 8.17. The van der Waals surface area contributed by atoms with E-state index < -0.39 is 0 Å². The smallest absolute Gasteiger partial charge is 0.142 e. The van der Waals surface area contributed by atoms with Crippen LogP contribution in [0.4, 0.5) is 5.82 Å². The molecule has 0 unspecified atom stereocenters. The molecule has 0 saturated heterocycles. The van der Waals surface area contributed by atoms with Gasteiger partial charge in [-0.05, 0) is 53.8 Å². The fourth-order valence-corrected chi connectivity index (χ4v) is 2.20. The second-order valence-electron chi connectivity index (χ2n) is 4.11. The zero-order valence-corrected chi connectivity index (χ0v) is 10.7. The number of nitrogens with two attached hydrogens (primary N) is 1. The topological polar surface area (TPSA) is 63.8 Å². The Morgan fingerprint density at radius 2 is 2.33 bits per heavy atom. The van der Waals surface area contributed by atoms with Crippen molar-refractivity contribution in [1.29, 1.82) is 0 Å². The van der Waals surface area contributed by atoms with Gasteiger partial charge in [0.1, 0.15) is 12.1 Å². The molecule has 15 heavy (non-hydrogen) atoms. The van der Waals surface area contributed by atoms with E-state index in [0.717, 1.165) is 28.9 Å². The minimum absolute atomic E-state index is 0.447. The number of aromatic nitrogens is 2. The van der Waals surface area contributed by atoms with E-state index in [1.807, 2.05) is 6.20 Å². The predicted octanol–water partition coefficient (Wildman–Crippen LogP) is 1.62. The summed E-state index contributed by atoms with van der Waals surface area (Å²) in [6.45, 7) is 1.76. The van der Waals surface area contributed by atoms with E-state index in [1.54, 1.807) is 6.33 Å². The summed E-state index contributed by atoms with van der Waals surface area (Å²) in [5.41, 5.74) is 6.05. The highest BCUT2D eigenvalue weighted by Crippen LogP contribution is 2.48. The highest BCUT2D eigenvalue weighted by Gasteiger charge is 2.41. The van der Waals surface area contributed by atoms with Crippen molar-refractivity contribution < 1.29 is 0 Å². The summed E-state index contributed by atoms with van der Waals surface area (Å²) in [6.07, 6.45) is 7.09. The molecule has 1 heterocycles. The molecule has 0 atom stereocenters. The molecule has 0 amide bonds. The predicted molar refractivity (Wildman–Crippen MR) is 68.6 cm³/mol. The van der Waals surface area contributed by atoms with Crippen molar-refractivity contribution in [3.8, 4) is 0 Å². The maximum atomic E-state index is 5.60. The van der Waals surface area contributed by atoms with Crippen LogP contribution >= 0.6 is 22.6 Å². The largest absolute Gasteiger partial charge is 0.369 e. The van der Waals surface area contributed by atoms with Gasteiger partial charge in [-0.15, -0.1) is 0 Å². The Kier molecular flexibility index (Phi) is 3.40. The van der Waals surface area contributed by atoms with Crippen LogP contribution in [-0.2, 0) is 0 Å². The van der Waals surface area contributed by atoms with E-state index in [0.29, 0.717) is 5.41 Å². The third-order valence-corrected chi connectivity index (χ3v) is 3.72. The highest BCUT2D eigenvalue weighted by atomic mass is 127. The molecule has 0 spiro atoms. The van der Waals surface area contributed by atoms with Crippen LogP contribution in [0.25, 0.3) is 0 Å². The molecule has 0 bridgehead atoms. The van der Waals surface area contributed by atoms with Gasteiger partial charge in [-0.3, -0.25) is 0 Å². The van der Waals surface area contributed by atoms with Crippen LogP contribution < -0.4 is 11.1 Å². The number of nitrogens with zero attached hydrogens (tertiary/aromatic N) is 2. The van der Waals surface area contributed by atoms with Gasteiger partial charge in [0.25, 0.3) is 0 Å². The van der Waals surface area contributed by atoms with Gasteiger partial charge in [-0.1, -0.05) is 0 Å². The Labute approximate surface area is 103 Å². The van der Waals surface area contributed by atoms with Crippen LogP contribution in [0.5, 0.6) is 0 Å². The monoisotopic (exact) mass is 318 g/mol. The zero-order valence-electron chi connectivity index (χ0n) is 8.54. The summed E-state index contributed by atoms with van der Waals surface area (Å²) in [6, 6.07) is 0. The van der Waals surface area contributed by atoms with Crippen LogP contribution in [0, 0.1) is 8.99 Å². The zero-order chi connectivity index (χ0) is 10.7. The molecule has 1 fully saturated rings. The van der Waals surface area contributed by atoms with Crippen LogP contribution in [0.2, 0.25) is 0 Å². The Morgan fingerprint density at radius 1 is 1.53 bits per heavy atom. The average Bonchev–Trinajstić information content (AvgIpc) is 2.98. The Balaban J connectivity index is 1.91.